The largest absolute Gasteiger partial charge is 0.327 e. The zero-order chi connectivity index (χ0) is 9.97. The van der Waals surface area contributed by atoms with Crippen LogP contribution in [0.2, 0.25) is 0 Å². The first-order valence-corrected chi connectivity index (χ1v) is 6.36. The van der Waals surface area contributed by atoms with E-state index in [0.29, 0.717) is 12.0 Å². The summed E-state index contributed by atoms with van der Waals surface area (Å²) in [7, 11) is 0. The molecular weight excluding hydrogens is 285 g/mol. The maximum atomic E-state index is 6.16. The Kier molecular flexibility index (Phi) is 3.44. The molecule has 2 heteroatoms. The first-order chi connectivity index (χ1) is 6.77. The Morgan fingerprint density at radius 1 is 1.21 bits per heavy atom. The molecule has 0 bridgehead atoms. The molecule has 14 heavy (non-hydrogen) atoms. The lowest BCUT2D eigenvalue weighted by molar-refractivity contribution is 0.385. The van der Waals surface area contributed by atoms with Gasteiger partial charge in [0.25, 0.3) is 0 Å². The van der Waals surface area contributed by atoms with Gasteiger partial charge in [-0.2, -0.15) is 0 Å². The van der Waals surface area contributed by atoms with Crippen molar-refractivity contribution in [2.45, 2.75) is 37.6 Å². The minimum absolute atomic E-state index is 0.377. The number of hydrogen-bond acceptors (Lipinski definition) is 1. The Labute approximate surface area is 99.2 Å². The van der Waals surface area contributed by atoms with Crippen molar-refractivity contribution in [2.24, 2.45) is 5.73 Å². The van der Waals surface area contributed by atoms with Crippen molar-refractivity contribution in [1.29, 1.82) is 0 Å². The number of rotatable bonds is 1. The zero-order valence-corrected chi connectivity index (χ0v) is 10.4. The van der Waals surface area contributed by atoms with Crippen LogP contribution in [0.25, 0.3) is 0 Å². The Morgan fingerprint density at radius 3 is 2.71 bits per heavy atom. The van der Waals surface area contributed by atoms with Gasteiger partial charge in [-0.15, -0.1) is 0 Å². The van der Waals surface area contributed by atoms with Crippen LogP contribution in [0.5, 0.6) is 0 Å². The second-order valence-corrected chi connectivity index (χ2v) is 5.36. The molecule has 1 aliphatic carbocycles. The molecule has 2 rings (SSSR count). The molecular formula is C12H16IN. The van der Waals surface area contributed by atoms with Crippen LogP contribution in [0, 0.1) is 3.57 Å². The molecule has 2 atom stereocenters. The van der Waals surface area contributed by atoms with Crippen molar-refractivity contribution in [3.8, 4) is 0 Å². The van der Waals surface area contributed by atoms with Crippen LogP contribution in [0.3, 0.4) is 0 Å². The fraction of sp³-hybridized carbons (Fsp3) is 0.500. The van der Waals surface area contributed by atoms with E-state index < -0.39 is 0 Å². The molecule has 0 aromatic heterocycles. The first-order valence-electron chi connectivity index (χ1n) is 5.28. The van der Waals surface area contributed by atoms with Gasteiger partial charge in [-0.3, -0.25) is 0 Å². The van der Waals surface area contributed by atoms with Crippen molar-refractivity contribution in [2.75, 3.05) is 0 Å². The summed E-state index contributed by atoms with van der Waals surface area (Å²) in [5.74, 6) is 0.596. The van der Waals surface area contributed by atoms with Crippen LogP contribution < -0.4 is 5.73 Å². The van der Waals surface area contributed by atoms with E-state index in [0.717, 1.165) is 0 Å². The standard InChI is InChI=1S/C12H16IN/c13-10-5-3-4-9(8-10)11-6-1-2-7-12(11)14/h3-5,8,11-12H,1-2,6-7,14H2/t11-,12+/m0/s1. The average Bonchev–Trinajstić information content (AvgIpc) is 2.18. The summed E-state index contributed by atoms with van der Waals surface area (Å²) in [6.07, 6.45) is 5.10. The van der Waals surface area contributed by atoms with Crippen LogP contribution in [0.1, 0.15) is 37.2 Å². The third-order valence-corrected chi connectivity index (χ3v) is 3.77. The SMILES string of the molecule is N[C@@H]1CCCC[C@H]1c1cccc(I)c1. The Morgan fingerprint density at radius 2 is 2.00 bits per heavy atom. The molecule has 1 nitrogen and oxygen atoms in total. The zero-order valence-electron chi connectivity index (χ0n) is 8.25. The second kappa shape index (κ2) is 4.62. The Hall–Kier alpha value is -0.0900. The third kappa shape index (κ3) is 2.28. The van der Waals surface area contributed by atoms with E-state index in [-0.39, 0.29) is 0 Å². The smallest absolute Gasteiger partial charge is 0.0133 e. The summed E-state index contributed by atoms with van der Waals surface area (Å²) >= 11 is 2.37. The molecule has 1 aromatic rings. The summed E-state index contributed by atoms with van der Waals surface area (Å²) in [6, 6.07) is 9.15. The second-order valence-electron chi connectivity index (χ2n) is 4.11. The summed E-state index contributed by atoms with van der Waals surface area (Å²) in [6.45, 7) is 0. The van der Waals surface area contributed by atoms with E-state index in [4.69, 9.17) is 5.73 Å². The van der Waals surface area contributed by atoms with Crippen molar-refractivity contribution >= 4 is 22.6 Å². The summed E-state index contributed by atoms with van der Waals surface area (Å²) in [5.41, 5.74) is 7.59. The van der Waals surface area contributed by atoms with Gasteiger partial charge in [0.1, 0.15) is 0 Å². The first kappa shape index (κ1) is 10.4. The molecule has 1 aliphatic rings. The lowest BCUT2D eigenvalue weighted by atomic mass is 9.80. The van der Waals surface area contributed by atoms with Crippen LogP contribution in [-0.2, 0) is 0 Å². The fourth-order valence-electron chi connectivity index (χ4n) is 2.31. The predicted molar refractivity (Wildman–Crippen MR) is 68.3 cm³/mol. The van der Waals surface area contributed by atoms with Crippen LogP contribution >= 0.6 is 22.6 Å². The van der Waals surface area contributed by atoms with Gasteiger partial charge in [0.2, 0.25) is 0 Å². The van der Waals surface area contributed by atoms with Gasteiger partial charge in [0, 0.05) is 9.61 Å². The van der Waals surface area contributed by atoms with Crippen molar-refractivity contribution < 1.29 is 0 Å². The highest BCUT2D eigenvalue weighted by molar-refractivity contribution is 14.1. The molecule has 1 fully saturated rings. The van der Waals surface area contributed by atoms with E-state index in [1.807, 2.05) is 0 Å². The average molecular weight is 301 g/mol. The molecule has 0 heterocycles. The molecule has 76 valence electrons. The summed E-state index contributed by atoms with van der Waals surface area (Å²) in [5, 5.41) is 0. The van der Waals surface area contributed by atoms with Gasteiger partial charge < -0.3 is 5.73 Å². The number of benzene rings is 1. The Balaban J connectivity index is 2.20. The summed E-state index contributed by atoms with van der Waals surface area (Å²) < 4.78 is 1.32. The summed E-state index contributed by atoms with van der Waals surface area (Å²) in [4.78, 5) is 0. The van der Waals surface area contributed by atoms with Gasteiger partial charge in [-0.25, -0.2) is 0 Å². The van der Waals surface area contributed by atoms with Gasteiger partial charge in [0.15, 0.2) is 0 Å². The monoisotopic (exact) mass is 301 g/mol. The topological polar surface area (TPSA) is 26.0 Å². The molecule has 0 spiro atoms. The molecule has 0 radical (unpaired) electrons. The third-order valence-electron chi connectivity index (χ3n) is 3.10. The van der Waals surface area contributed by atoms with E-state index in [1.165, 1.54) is 34.8 Å². The number of nitrogens with two attached hydrogens (primary N) is 1. The predicted octanol–water partition coefficient (Wildman–Crippen LogP) is 3.28. The van der Waals surface area contributed by atoms with Crippen molar-refractivity contribution in [1.82, 2.24) is 0 Å². The lowest BCUT2D eigenvalue weighted by Crippen LogP contribution is -2.31. The van der Waals surface area contributed by atoms with Crippen molar-refractivity contribution in [3.63, 3.8) is 0 Å². The fourth-order valence-corrected chi connectivity index (χ4v) is 2.88. The highest BCUT2D eigenvalue weighted by Crippen LogP contribution is 2.32. The van der Waals surface area contributed by atoms with Crippen molar-refractivity contribution in [3.05, 3.63) is 33.4 Å². The molecule has 0 aliphatic heterocycles. The molecule has 2 N–H and O–H groups in total. The molecule has 0 saturated heterocycles. The van der Waals surface area contributed by atoms with Crippen LogP contribution in [0.15, 0.2) is 24.3 Å². The highest BCUT2D eigenvalue weighted by atomic mass is 127. The number of hydrogen-bond donors (Lipinski definition) is 1. The molecule has 0 unspecified atom stereocenters. The minimum atomic E-state index is 0.377. The van der Waals surface area contributed by atoms with Gasteiger partial charge in [-0.05, 0) is 59.0 Å². The van der Waals surface area contributed by atoms with Gasteiger partial charge >= 0.3 is 0 Å². The minimum Gasteiger partial charge on any atom is -0.327 e. The van der Waals surface area contributed by atoms with Gasteiger partial charge in [0.05, 0.1) is 0 Å². The van der Waals surface area contributed by atoms with E-state index in [1.54, 1.807) is 0 Å². The maximum Gasteiger partial charge on any atom is 0.0133 e. The quantitative estimate of drug-likeness (QED) is 0.792. The van der Waals surface area contributed by atoms with Gasteiger partial charge in [-0.1, -0.05) is 25.0 Å². The van der Waals surface area contributed by atoms with Crippen LogP contribution in [-0.4, -0.2) is 6.04 Å². The normalized spacial score (nSPS) is 27.6. The molecule has 0 amide bonds. The number of halogens is 1. The van der Waals surface area contributed by atoms with E-state index in [2.05, 4.69) is 46.9 Å². The maximum absolute atomic E-state index is 6.16. The van der Waals surface area contributed by atoms with E-state index >= 15 is 0 Å². The highest BCUT2D eigenvalue weighted by Gasteiger charge is 2.22. The Bertz CT molecular complexity index is 311. The molecule has 1 aromatic carbocycles. The van der Waals surface area contributed by atoms with E-state index in [9.17, 15) is 0 Å². The molecule has 1 saturated carbocycles. The van der Waals surface area contributed by atoms with Crippen LogP contribution in [0.4, 0.5) is 0 Å². The lowest BCUT2D eigenvalue weighted by Gasteiger charge is -2.29.